The van der Waals surface area contributed by atoms with E-state index in [0.717, 1.165) is 30.9 Å². The largest absolute Gasteiger partial charge is 0.328 e. The lowest BCUT2D eigenvalue weighted by atomic mass is 9.96. The third-order valence-corrected chi connectivity index (χ3v) is 3.92. The fraction of sp³-hybridized carbons (Fsp3) is 0.533. The van der Waals surface area contributed by atoms with E-state index in [1.807, 2.05) is 0 Å². The number of hydrogen-bond donors (Lipinski definition) is 1. The van der Waals surface area contributed by atoms with Crippen molar-refractivity contribution < 1.29 is 0 Å². The van der Waals surface area contributed by atoms with E-state index in [9.17, 15) is 0 Å². The summed E-state index contributed by atoms with van der Waals surface area (Å²) >= 11 is 0. The molecule has 3 rings (SSSR count). The van der Waals surface area contributed by atoms with Crippen LogP contribution >= 0.6 is 0 Å². The van der Waals surface area contributed by atoms with Crippen LogP contribution in [-0.4, -0.2) is 22.6 Å². The first-order valence-electron chi connectivity index (χ1n) is 7.03. The number of nitrogens with one attached hydrogen (secondary N) is 1. The molecule has 0 bridgehead atoms. The molecule has 1 fully saturated rings. The average molecular weight is 243 g/mol. The van der Waals surface area contributed by atoms with Crippen LogP contribution < -0.4 is 5.32 Å². The number of piperidine rings is 1. The van der Waals surface area contributed by atoms with Gasteiger partial charge in [0.25, 0.3) is 0 Å². The zero-order valence-electron chi connectivity index (χ0n) is 11.0. The van der Waals surface area contributed by atoms with Gasteiger partial charge in [-0.3, -0.25) is 0 Å². The van der Waals surface area contributed by atoms with Crippen molar-refractivity contribution in [1.82, 2.24) is 14.9 Å². The molecule has 3 nitrogen and oxygen atoms in total. The molecule has 0 saturated carbocycles. The van der Waals surface area contributed by atoms with Gasteiger partial charge in [0.05, 0.1) is 11.0 Å². The fourth-order valence-electron chi connectivity index (χ4n) is 2.99. The normalized spacial score (nSPS) is 20.4. The topological polar surface area (TPSA) is 29.9 Å². The quantitative estimate of drug-likeness (QED) is 0.898. The lowest BCUT2D eigenvalue weighted by Gasteiger charge is -2.22. The summed E-state index contributed by atoms with van der Waals surface area (Å²) < 4.78 is 2.37. The van der Waals surface area contributed by atoms with E-state index in [-0.39, 0.29) is 0 Å². The Morgan fingerprint density at radius 1 is 1.39 bits per heavy atom. The molecule has 3 heteroatoms. The maximum absolute atomic E-state index is 4.81. The highest BCUT2D eigenvalue weighted by molar-refractivity contribution is 5.75. The standard InChI is InChI=1S/C15H21N3/c1-2-18-14-8-4-3-7-13(14)17-15(18)10-12-6-5-9-16-11-12/h3-4,7-8,12,16H,2,5-6,9-11H2,1H3. The summed E-state index contributed by atoms with van der Waals surface area (Å²) in [6.07, 6.45) is 3.74. The molecule has 1 unspecified atom stereocenters. The van der Waals surface area contributed by atoms with Crippen molar-refractivity contribution in [3.8, 4) is 0 Å². The minimum absolute atomic E-state index is 0.751. The maximum atomic E-state index is 4.81. The second kappa shape index (κ2) is 5.11. The molecule has 1 aromatic carbocycles. The summed E-state index contributed by atoms with van der Waals surface area (Å²) in [6, 6.07) is 8.46. The molecule has 1 aliphatic rings. The molecule has 0 amide bonds. The Hall–Kier alpha value is -1.35. The fourth-order valence-corrected chi connectivity index (χ4v) is 2.99. The molecule has 18 heavy (non-hydrogen) atoms. The zero-order chi connectivity index (χ0) is 12.4. The van der Waals surface area contributed by atoms with E-state index >= 15 is 0 Å². The summed E-state index contributed by atoms with van der Waals surface area (Å²) in [5, 5.41) is 3.49. The van der Waals surface area contributed by atoms with Gasteiger partial charge in [0.15, 0.2) is 0 Å². The Morgan fingerprint density at radius 3 is 3.06 bits per heavy atom. The molecule has 0 aliphatic carbocycles. The molecule has 2 aromatic rings. The average Bonchev–Trinajstić information content (AvgIpc) is 2.77. The number of rotatable bonds is 3. The van der Waals surface area contributed by atoms with Crippen molar-refractivity contribution in [1.29, 1.82) is 0 Å². The van der Waals surface area contributed by atoms with Gasteiger partial charge < -0.3 is 9.88 Å². The van der Waals surface area contributed by atoms with Crippen LogP contribution in [0.5, 0.6) is 0 Å². The third-order valence-electron chi connectivity index (χ3n) is 3.92. The summed E-state index contributed by atoms with van der Waals surface area (Å²) in [7, 11) is 0. The van der Waals surface area contributed by atoms with Gasteiger partial charge in [-0.15, -0.1) is 0 Å². The predicted molar refractivity (Wildman–Crippen MR) is 74.7 cm³/mol. The van der Waals surface area contributed by atoms with Gasteiger partial charge in [0, 0.05) is 13.0 Å². The molecule has 1 saturated heterocycles. The van der Waals surface area contributed by atoms with E-state index in [1.165, 1.54) is 30.7 Å². The molecule has 0 radical (unpaired) electrons. The number of aryl methyl sites for hydroxylation is 1. The second-order valence-electron chi connectivity index (χ2n) is 5.18. The van der Waals surface area contributed by atoms with Gasteiger partial charge in [0.1, 0.15) is 5.82 Å². The van der Waals surface area contributed by atoms with Crippen LogP contribution in [0.1, 0.15) is 25.6 Å². The summed E-state index contributed by atoms with van der Waals surface area (Å²) in [5.74, 6) is 2.01. The molecule has 2 heterocycles. The highest BCUT2D eigenvalue weighted by atomic mass is 15.1. The van der Waals surface area contributed by atoms with Crippen LogP contribution in [0.4, 0.5) is 0 Å². The minimum Gasteiger partial charge on any atom is -0.328 e. The SMILES string of the molecule is CCn1c(CC2CCCNC2)nc2ccccc21. The third kappa shape index (κ3) is 2.15. The summed E-state index contributed by atoms with van der Waals surface area (Å²) in [6.45, 7) is 5.54. The molecule has 96 valence electrons. The Kier molecular flexibility index (Phi) is 3.33. The lowest BCUT2D eigenvalue weighted by Crippen LogP contribution is -2.31. The zero-order valence-corrected chi connectivity index (χ0v) is 11.0. The highest BCUT2D eigenvalue weighted by Gasteiger charge is 2.17. The maximum Gasteiger partial charge on any atom is 0.110 e. The second-order valence-corrected chi connectivity index (χ2v) is 5.18. The van der Waals surface area contributed by atoms with Crippen LogP contribution in [0, 0.1) is 5.92 Å². The Morgan fingerprint density at radius 2 is 2.28 bits per heavy atom. The summed E-state index contributed by atoms with van der Waals surface area (Å²) in [4.78, 5) is 4.81. The van der Waals surface area contributed by atoms with Crippen LogP contribution in [0.15, 0.2) is 24.3 Å². The summed E-state index contributed by atoms with van der Waals surface area (Å²) in [5.41, 5.74) is 2.41. The molecule has 1 aromatic heterocycles. The number of benzene rings is 1. The molecule has 1 aliphatic heterocycles. The van der Waals surface area contributed by atoms with Crippen LogP contribution in [0.3, 0.4) is 0 Å². The van der Waals surface area contributed by atoms with Gasteiger partial charge in [0.2, 0.25) is 0 Å². The first-order chi connectivity index (χ1) is 8.88. The van der Waals surface area contributed by atoms with Gasteiger partial charge >= 0.3 is 0 Å². The van der Waals surface area contributed by atoms with Crippen molar-refractivity contribution in [2.45, 2.75) is 32.7 Å². The van der Waals surface area contributed by atoms with Gasteiger partial charge in [-0.25, -0.2) is 4.98 Å². The Bertz CT molecular complexity index is 524. The molecule has 1 atom stereocenters. The number of nitrogens with zero attached hydrogens (tertiary/aromatic N) is 2. The van der Waals surface area contributed by atoms with E-state index in [1.54, 1.807) is 0 Å². The molecule has 1 N–H and O–H groups in total. The first-order valence-corrected chi connectivity index (χ1v) is 7.03. The van der Waals surface area contributed by atoms with Crippen LogP contribution in [0.2, 0.25) is 0 Å². The van der Waals surface area contributed by atoms with E-state index in [0.29, 0.717) is 0 Å². The van der Waals surface area contributed by atoms with Crippen LogP contribution in [-0.2, 0) is 13.0 Å². The van der Waals surface area contributed by atoms with Gasteiger partial charge in [-0.05, 0) is 50.9 Å². The smallest absolute Gasteiger partial charge is 0.110 e. The van der Waals surface area contributed by atoms with Crippen molar-refractivity contribution >= 4 is 11.0 Å². The number of aromatic nitrogens is 2. The molecule has 0 spiro atoms. The molecular formula is C15H21N3. The number of hydrogen-bond acceptors (Lipinski definition) is 2. The van der Waals surface area contributed by atoms with Crippen molar-refractivity contribution in [2.75, 3.05) is 13.1 Å². The van der Waals surface area contributed by atoms with Gasteiger partial charge in [-0.2, -0.15) is 0 Å². The minimum atomic E-state index is 0.751. The lowest BCUT2D eigenvalue weighted by molar-refractivity contribution is 0.367. The van der Waals surface area contributed by atoms with Crippen molar-refractivity contribution in [2.24, 2.45) is 5.92 Å². The van der Waals surface area contributed by atoms with E-state index < -0.39 is 0 Å². The Labute approximate surface area is 108 Å². The first kappa shape index (κ1) is 11.7. The number of fused-ring (bicyclic) bond motifs is 1. The van der Waals surface area contributed by atoms with Crippen molar-refractivity contribution in [3.05, 3.63) is 30.1 Å². The van der Waals surface area contributed by atoms with E-state index in [4.69, 9.17) is 4.98 Å². The number of para-hydroxylation sites is 2. The predicted octanol–water partition coefficient (Wildman–Crippen LogP) is 2.60. The monoisotopic (exact) mass is 243 g/mol. The number of imidazole rings is 1. The van der Waals surface area contributed by atoms with E-state index in [2.05, 4.69) is 41.1 Å². The van der Waals surface area contributed by atoms with Crippen LogP contribution in [0.25, 0.3) is 11.0 Å². The highest BCUT2D eigenvalue weighted by Crippen LogP contribution is 2.21. The van der Waals surface area contributed by atoms with Crippen molar-refractivity contribution in [3.63, 3.8) is 0 Å². The Balaban J connectivity index is 1.90. The molecular weight excluding hydrogens is 222 g/mol. The van der Waals surface area contributed by atoms with Gasteiger partial charge in [-0.1, -0.05) is 12.1 Å².